The van der Waals surface area contributed by atoms with Crippen molar-refractivity contribution in [3.8, 4) is 0 Å². The zero-order valence-corrected chi connectivity index (χ0v) is 32.3. The number of carbonyl (C=O) groups is 4. The first-order valence-corrected chi connectivity index (χ1v) is 20.1. The summed E-state index contributed by atoms with van der Waals surface area (Å²) < 4.78 is 0. The number of hydrogen-bond donors (Lipinski definition) is 2. The quantitative estimate of drug-likeness (QED) is 0.0634. The normalized spacial score (nSPS) is 11.2. The van der Waals surface area contributed by atoms with Crippen LogP contribution in [0, 0.1) is 0 Å². The largest absolute Gasteiger partial charge is 0.478 e. The van der Waals surface area contributed by atoms with Gasteiger partial charge in [-0.3, -0.25) is 9.59 Å². The molecule has 0 radical (unpaired) electrons. The van der Waals surface area contributed by atoms with Crippen molar-refractivity contribution < 1.29 is 29.4 Å². The first-order valence-electron chi connectivity index (χ1n) is 20.1. The van der Waals surface area contributed by atoms with Crippen LogP contribution in [0.1, 0.15) is 205 Å². The maximum Gasteiger partial charge on any atom is 0.336 e. The van der Waals surface area contributed by atoms with E-state index in [1.165, 1.54) is 30.0 Å². The standard InChI is InChI=1S/C46H62O6/c1-5-9-13-17-21-33-25-27-37(29-35(33)23-19-15-11-7-3)43(47)39-31-40(42(46(51)52)32-41(39)45(49)50)44(48)38-28-26-34(22-18-14-10-6-2)36(30-38)24-20-16-12-8-4/h25-32H,5-24H2,1-4H3,(H,49,50)(H,51,52). The average Bonchev–Trinajstić information content (AvgIpc) is 3.14. The Kier molecular flexibility index (Phi) is 18.6. The van der Waals surface area contributed by atoms with Gasteiger partial charge in [0.15, 0.2) is 11.6 Å². The van der Waals surface area contributed by atoms with Crippen molar-refractivity contribution in [3.63, 3.8) is 0 Å². The van der Waals surface area contributed by atoms with Crippen molar-refractivity contribution in [3.05, 3.63) is 104 Å². The molecule has 0 atom stereocenters. The molecule has 6 nitrogen and oxygen atoms in total. The van der Waals surface area contributed by atoms with Crippen molar-refractivity contribution >= 4 is 23.5 Å². The summed E-state index contributed by atoms with van der Waals surface area (Å²) in [6, 6.07) is 13.4. The molecule has 282 valence electrons. The third-order valence-corrected chi connectivity index (χ3v) is 10.2. The van der Waals surface area contributed by atoms with Gasteiger partial charge in [-0.1, -0.05) is 129 Å². The molecule has 0 aliphatic carbocycles. The number of ketones is 2. The predicted molar refractivity (Wildman–Crippen MR) is 211 cm³/mol. The van der Waals surface area contributed by atoms with Gasteiger partial charge in [0.05, 0.1) is 11.1 Å². The Bertz CT molecular complexity index is 1520. The summed E-state index contributed by atoms with van der Waals surface area (Å²) in [4.78, 5) is 53.4. The molecular formula is C46H62O6. The Morgan fingerprint density at radius 1 is 0.385 bits per heavy atom. The number of carboxylic acids is 2. The minimum atomic E-state index is -1.42. The molecule has 3 aromatic carbocycles. The molecule has 0 aliphatic rings. The zero-order valence-electron chi connectivity index (χ0n) is 32.3. The van der Waals surface area contributed by atoms with Crippen molar-refractivity contribution in [1.29, 1.82) is 0 Å². The Balaban J connectivity index is 2.07. The summed E-state index contributed by atoms with van der Waals surface area (Å²) in [6.45, 7) is 8.72. The van der Waals surface area contributed by atoms with Gasteiger partial charge in [-0.05, 0) is 97.9 Å². The molecule has 0 unspecified atom stereocenters. The summed E-state index contributed by atoms with van der Waals surface area (Å²) in [5.74, 6) is -3.90. The molecule has 0 bridgehead atoms. The van der Waals surface area contributed by atoms with Gasteiger partial charge in [0, 0.05) is 22.3 Å². The highest BCUT2D eigenvalue weighted by Gasteiger charge is 2.27. The number of aryl methyl sites for hydroxylation is 4. The molecule has 2 N–H and O–H groups in total. The fourth-order valence-electron chi connectivity index (χ4n) is 7.10. The van der Waals surface area contributed by atoms with E-state index >= 15 is 0 Å². The molecule has 0 aliphatic heterocycles. The highest BCUT2D eigenvalue weighted by atomic mass is 16.4. The van der Waals surface area contributed by atoms with Crippen LogP contribution in [-0.4, -0.2) is 33.7 Å². The van der Waals surface area contributed by atoms with E-state index in [1.807, 2.05) is 24.3 Å². The summed E-state index contributed by atoms with van der Waals surface area (Å²) >= 11 is 0. The summed E-state index contributed by atoms with van der Waals surface area (Å²) in [7, 11) is 0. The van der Waals surface area contributed by atoms with Gasteiger partial charge in [-0.25, -0.2) is 9.59 Å². The van der Waals surface area contributed by atoms with Gasteiger partial charge in [0.1, 0.15) is 0 Å². The van der Waals surface area contributed by atoms with E-state index in [-0.39, 0.29) is 11.1 Å². The lowest BCUT2D eigenvalue weighted by Gasteiger charge is -2.15. The van der Waals surface area contributed by atoms with Crippen LogP contribution in [0.3, 0.4) is 0 Å². The van der Waals surface area contributed by atoms with Crippen LogP contribution in [0.5, 0.6) is 0 Å². The van der Waals surface area contributed by atoms with Gasteiger partial charge in [-0.2, -0.15) is 0 Å². The molecule has 3 aromatic rings. The van der Waals surface area contributed by atoms with Crippen LogP contribution in [0.15, 0.2) is 48.5 Å². The number of carboxylic acid groups (broad SMARTS) is 2. The van der Waals surface area contributed by atoms with Gasteiger partial charge in [0.25, 0.3) is 0 Å². The van der Waals surface area contributed by atoms with Gasteiger partial charge in [0.2, 0.25) is 0 Å². The second-order valence-electron chi connectivity index (χ2n) is 14.4. The Hall–Kier alpha value is -4.06. The Labute approximate surface area is 312 Å². The maximum atomic E-state index is 14.2. The van der Waals surface area contributed by atoms with Crippen molar-refractivity contribution in [2.75, 3.05) is 0 Å². The number of carbonyl (C=O) groups excluding carboxylic acids is 2. The highest BCUT2D eigenvalue weighted by molar-refractivity contribution is 6.20. The lowest BCUT2D eigenvalue weighted by atomic mass is 9.87. The fourth-order valence-corrected chi connectivity index (χ4v) is 7.10. The van der Waals surface area contributed by atoms with Crippen molar-refractivity contribution in [2.24, 2.45) is 0 Å². The third-order valence-electron chi connectivity index (χ3n) is 10.2. The third kappa shape index (κ3) is 12.6. The van der Waals surface area contributed by atoms with Crippen LogP contribution in [0.4, 0.5) is 0 Å². The summed E-state index contributed by atoms with van der Waals surface area (Å²) in [5, 5.41) is 20.4. The van der Waals surface area contributed by atoms with E-state index in [2.05, 4.69) is 27.7 Å². The van der Waals surface area contributed by atoms with E-state index in [9.17, 15) is 29.4 Å². The SMILES string of the molecule is CCCCCCc1ccc(C(=O)c2cc(C(=O)c3ccc(CCCCCC)c(CCCCCC)c3)c(C(=O)O)cc2C(=O)O)cc1CCCCCC. The monoisotopic (exact) mass is 710 g/mol. The first kappa shape index (κ1) is 42.4. The highest BCUT2D eigenvalue weighted by Crippen LogP contribution is 2.27. The minimum Gasteiger partial charge on any atom is -0.478 e. The summed E-state index contributed by atoms with van der Waals surface area (Å²) in [5.41, 5.74) is 4.07. The number of benzene rings is 3. The lowest BCUT2D eigenvalue weighted by Crippen LogP contribution is -2.17. The number of unbranched alkanes of at least 4 members (excludes halogenated alkanes) is 12. The first-order chi connectivity index (χ1) is 25.2. The topological polar surface area (TPSA) is 109 Å². The van der Waals surface area contributed by atoms with Crippen LogP contribution in [0.25, 0.3) is 0 Å². The second-order valence-corrected chi connectivity index (χ2v) is 14.4. The molecule has 0 saturated carbocycles. The van der Waals surface area contributed by atoms with E-state index in [4.69, 9.17) is 0 Å². The maximum absolute atomic E-state index is 14.2. The molecule has 52 heavy (non-hydrogen) atoms. The second kappa shape index (κ2) is 22.8. The Morgan fingerprint density at radius 2 is 0.692 bits per heavy atom. The smallest absolute Gasteiger partial charge is 0.336 e. The van der Waals surface area contributed by atoms with Gasteiger partial charge >= 0.3 is 11.9 Å². The summed E-state index contributed by atoms with van der Waals surface area (Å²) in [6.07, 6.45) is 21.3. The van der Waals surface area contributed by atoms with E-state index in [0.29, 0.717) is 11.1 Å². The molecular weight excluding hydrogens is 649 g/mol. The van der Waals surface area contributed by atoms with Crippen LogP contribution in [-0.2, 0) is 25.7 Å². The number of rotatable bonds is 26. The Morgan fingerprint density at radius 3 is 1.00 bits per heavy atom. The number of aromatic carboxylic acids is 2. The molecule has 0 spiro atoms. The molecule has 3 rings (SSSR count). The molecule has 0 aromatic heterocycles. The fraction of sp³-hybridized carbons (Fsp3) is 0.522. The average molecular weight is 711 g/mol. The lowest BCUT2D eigenvalue weighted by molar-refractivity contribution is 0.0690. The van der Waals surface area contributed by atoms with Crippen LogP contribution in [0.2, 0.25) is 0 Å². The van der Waals surface area contributed by atoms with Gasteiger partial charge < -0.3 is 10.2 Å². The van der Waals surface area contributed by atoms with E-state index < -0.39 is 34.6 Å². The van der Waals surface area contributed by atoms with E-state index in [1.54, 1.807) is 12.1 Å². The van der Waals surface area contributed by atoms with Crippen molar-refractivity contribution in [2.45, 2.75) is 156 Å². The minimum absolute atomic E-state index is 0.180. The molecule has 0 saturated heterocycles. The number of hydrogen-bond acceptors (Lipinski definition) is 4. The van der Waals surface area contributed by atoms with Crippen LogP contribution < -0.4 is 0 Å². The predicted octanol–water partition coefficient (Wildman–Crippen LogP) is 12.0. The van der Waals surface area contributed by atoms with Crippen molar-refractivity contribution in [1.82, 2.24) is 0 Å². The molecule has 0 fully saturated rings. The van der Waals surface area contributed by atoms with E-state index in [0.717, 1.165) is 133 Å². The molecule has 0 amide bonds. The molecule has 6 heteroatoms. The zero-order chi connectivity index (χ0) is 37.9. The van der Waals surface area contributed by atoms with Gasteiger partial charge in [-0.15, -0.1) is 0 Å². The van der Waals surface area contributed by atoms with Crippen LogP contribution >= 0.6 is 0 Å². The molecule has 0 heterocycles.